The van der Waals surface area contributed by atoms with Gasteiger partial charge in [0.15, 0.2) is 5.11 Å². The Balaban J connectivity index is 1.99. The number of nitrogens with one attached hydrogen (secondary N) is 2. The lowest BCUT2D eigenvalue weighted by atomic mass is 10.1. The highest BCUT2D eigenvalue weighted by Crippen LogP contribution is 2.19. The van der Waals surface area contributed by atoms with Gasteiger partial charge in [0.1, 0.15) is 0 Å². The third kappa shape index (κ3) is 4.53. The molecule has 0 saturated carbocycles. The normalized spacial score (nSPS) is 9.96. The average Bonchev–Trinajstić information content (AvgIpc) is 2.57. The summed E-state index contributed by atoms with van der Waals surface area (Å²) in [5, 5.41) is 6.21. The molecule has 0 saturated heterocycles. The van der Waals surface area contributed by atoms with Crippen LogP contribution in [0.2, 0.25) is 5.02 Å². The van der Waals surface area contributed by atoms with Gasteiger partial charge in [-0.1, -0.05) is 17.7 Å². The Morgan fingerprint density at radius 1 is 1.08 bits per heavy atom. The zero-order valence-corrected chi connectivity index (χ0v) is 14.6. The molecule has 2 N–H and O–H groups in total. The Bertz CT molecular complexity index is 791. The molecular formula is C17H15ClN2O3S. The summed E-state index contributed by atoms with van der Waals surface area (Å²) >= 11 is 11.2. The first-order chi connectivity index (χ1) is 11.4. The number of carbonyl (C=O) groups is 2. The van der Waals surface area contributed by atoms with Crippen molar-refractivity contribution in [3.05, 3.63) is 64.2 Å². The minimum Gasteiger partial charge on any atom is -0.465 e. The van der Waals surface area contributed by atoms with Crippen LogP contribution in [-0.4, -0.2) is 24.1 Å². The van der Waals surface area contributed by atoms with E-state index in [0.717, 1.165) is 5.56 Å². The van der Waals surface area contributed by atoms with Crippen LogP contribution in [-0.2, 0) is 4.74 Å². The number of thiocarbonyl (C=S) groups is 1. The molecule has 1 amide bonds. The van der Waals surface area contributed by atoms with Gasteiger partial charge in [0, 0.05) is 16.3 Å². The highest BCUT2D eigenvalue weighted by Gasteiger charge is 2.10. The van der Waals surface area contributed by atoms with E-state index < -0.39 is 5.97 Å². The lowest BCUT2D eigenvalue weighted by Crippen LogP contribution is -2.34. The molecule has 0 unspecified atom stereocenters. The first-order valence-corrected chi connectivity index (χ1v) is 7.76. The molecule has 0 atom stereocenters. The minimum absolute atomic E-state index is 0.150. The SMILES string of the molecule is COC(=O)c1ccc(C(=O)NC(=S)Nc2ccc(C)c(Cl)c2)cc1. The Labute approximate surface area is 150 Å². The third-order valence-corrected chi connectivity index (χ3v) is 3.84. The lowest BCUT2D eigenvalue weighted by molar-refractivity contribution is 0.0600. The van der Waals surface area contributed by atoms with Crippen molar-refractivity contribution in [3.63, 3.8) is 0 Å². The van der Waals surface area contributed by atoms with Crippen LogP contribution in [0.25, 0.3) is 0 Å². The van der Waals surface area contributed by atoms with Crippen molar-refractivity contribution in [2.75, 3.05) is 12.4 Å². The predicted molar refractivity (Wildman–Crippen MR) is 97.7 cm³/mol. The van der Waals surface area contributed by atoms with Crippen molar-refractivity contribution in [3.8, 4) is 0 Å². The maximum absolute atomic E-state index is 12.1. The summed E-state index contributed by atoms with van der Waals surface area (Å²) < 4.78 is 4.60. The van der Waals surface area contributed by atoms with E-state index in [-0.39, 0.29) is 11.0 Å². The molecule has 0 spiro atoms. The number of aryl methyl sites for hydroxylation is 1. The number of halogens is 1. The minimum atomic E-state index is -0.463. The number of carbonyl (C=O) groups excluding carboxylic acids is 2. The van der Waals surface area contributed by atoms with E-state index in [2.05, 4.69) is 15.4 Å². The first kappa shape index (κ1) is 17.9. The van der Waals surface area contributed by atoms with E-state index in [4.69, 9.17) is 23.8 Å². The summed E-state index contributed by atoms with van der Waals surface area (Å²) in [6.45, 7) is 1.89. The number of ether oxygens (including phenoxy) is 1. The first-order valence-electron chi connectivity index (χ1n) is 6.97. The fraction of sp³-hybridized carbons (Fsp3) is 0.118. The number of amides is 1. The quantitative estimate of drug-likeness (QED) is 0.645. The van der Waals surface area contributed by atoms with Crippen LogP contribution in [0.1, 0.15) is 26.3 Å². The zero-order chi connectivity index (χ0) is 17.7. The molecule has 0 bridgehead atoms. The summed E-state index contributed by atoms with van der Waals surface area (Å²) in [7, 11) is 1.30. The van der Waals surface area contributed by atoms with Crippen molar-refractivity contribution in [1.29, 1.82) is 0 Å². The molecule has 2 aromatic rings. The molecule has 7 heteroatoms. The highest BCUT2D eigenvalue weighted by molar-refractivity contribution is 7.80. The van der Waals surface area contributed by atoms with Crippen LogP contribution < -0.4 is 10.6 Å². The van der Waals surface area contributed by atoms with Gasteiger partial charge in [-0.2, -0.15) is 0 Å². The summed E-state index contributed by atoms with van der Waals surface area (Å²) in [4.78, 5) is 23.5. The fourth-order valence-electron chi connectivity index (χ4n) is 1.88. The Morgan fingerprint density at radius 2 is 1.71 bits per heavy atom. The second-order valence-corrected chi connectivity index (χ2v) is 5.76. The summed E-state index contributed by atoms with van der Waals surface area (Å²) in [6, 6.07) is 11.4. The van der Waals surface area contributed by atoms with Gasteiger partial charge in [-0.05, 0) is 61.1 Å². The Kier molecular flexibility index (Phi) is 5.89. The van der Waals surface area contributed by atoms with Crippen LogP contribution in [0.4, 0.5) is 5.69 Å². The van der Waals surface area contributed by atoms with Gasteiger partial charge in [-0.25, -0.2) is 4.79 Å². The molecule has 2 aromatic carbocycles. The molecular weight excluding hydrogens is 348 g/mol. The van der Waals surface area contributed by atoms with Crippen LogP contribution in [0.15, 0.2) is 42.5 Å². The molecule has 0 radical (unpaired) electrons. The van der Waals surface area contributed by atoms with E-state index in [0.29, 0.717) is 21.8 Å². The second-order valence-electron chi connectivity index (χ2n) is 4.94. The third-order valence-electron chi connectivity index (χ3n) is 3.22. The molecule has 0 aliphatic carbocycles. The zero-order valence-electron chi connectivity index (χ0n) is 13.1. The Morgan fingerprint density at radius 3 is 2.29 bits per heavy atom. The lowest BCUT2D eigenvalue weighted by Gasteiger charge is -2.10. The Hall–Kier alpha value is -2.44. The standard InChI is InChI=1S/C17H15ClN2O3S/c1-10-3-8-13(9-14(10)18)19-17(24)20-15(21)11-4-6-12(7-5-11)16(22)23-2/h3-9H,1-2H3,(H2,19,20,21,24). The number of hydrogen-bond acceptors (Lipinski definition) is 4. The maximum atomic E-state index is 12.1. The molecule has 0 aliphatic rings. The topological polar surface area (TPSA) is 67.4 Å². The number of benzene rings is 2. The summed E-state index contributed by atoms with van der Waals surface area (Å²) in [6.07, 6.45) is 0. The highest BCUT2D eigenvalue weighted by atomic mass is 35.5. The van der Waals surface area contributed by atoms with E-state index >= 15 is 0 Å². The van der Waals surface area contributed by atoms with Gasteiger partial charge < -0.3 is 10.1 Å². The van der Waals surface area contributed by atoms with Gasteiger partial charge in [0.25, 0.3) is 5.91 Å². The van der Waals surface area contributed by atoms with Crippen molar-refractivity contribution in [2.24, 2.45) is 0 Å². The largest absolute Gasteiger partial charge is 0.465 e. The average molecular weight is 363 g/mol. The molecule has 24 heavy (non-hydrogen) atoms. The fourth-order valence-corrected chi connectivity index (χ4v) is 2.27. The van der Waals surface area contributed by atoms with Gasteiger partial charge in [0.2, 0.25) is 0 Å². The van der Waals surface area contributed by atoms with Crippen molar-refractivity contribution in [2.45, 2.75) is 6.92 Å². The van der Waals surface area contributed by atoms with Crippen molar-refractivity contribution < 1.29 is 14.3 Å². The van der Waals surface area contributed by atoms with Crippen LogP contribution in [0.5, 0.6) is 0 Å². The molecule has 124 valence electrons. The number of anilines is 1. The van der Waals surface area contributed by atoms with Crippen LogP contribution in [0, 0.1) is 6.92 Å². The number of methoxy groups -OCH3 is 1. The molecule has 0 aromatic heterocycles. The van der Waals surface area contributed by atoms with E-state index in [9.17, 15) is 9.59 Å². The van der Waals surface area contributed by atoms with E-state index in [1.54, 1.807) is 6.07 Å². The van der Waals surface area contributed by atoms with Gasteiger partial charge >= 0.3 is 5.97 Å². The van der Waals surface area contributed by atoms with Gasteiger partial charge in [-0.15, -0.1) is 0 Å². The second kappa shape index (κ2) is 7.90. The molecule has 2 rings (SSSR count). The van der Waals surface area contributed by atoms with Crippen LogP contribution >= 0.6 is 23.8 Å². The van der Waals surface area contributed by atoms with E-state index in [1.165, 1.54) is 31.4 Å². The smallest absolute Gasteiger partial charge is 0.337 e. The van der Waals surface area contributed by atoms with Gasteiger partial charge in [-0.3, -0.25) is 10.1 Å². The van der Waals surface area contributed by atoms with Crippen molar-refractivity contribution >= 4 is 46.5 Å². The summed E-state index contributed by atoms with van der Waals surface area (Å²) in [5.74, 6) is -0.850. The maximum Gasteiger partial charge on any atom is 0.337 e. The molecule has 0 aliphatic heterocycles. The number of esters is 1. The predicted octanol–water partition coefficient (Wildman–Crippen LogP) is 3.56. The number of hydrogen-bond donors (Lipinski definition) is 2. The monoisotopic (exact) mass is 362 g/mol. The summed E-state index contributed by atoms with van der Waals surface area (Å²) in [5.41, 5.74) is 2.36. The van der Waals surface area contributed by atoms with Crippen LogP contribution in [0.3, 0.4) is 0 Å². The molecule has 0 fully saturated rings. The van der Waals surface area contributed by atoms with Gasteiger partial charge in [0.05, 0.1) is 12.7 Å². The number of rotatable bonds is 3. The molecule has 0 heterocycles. The van der Waals surface area contributed by atoms with Crippen molar-refractivity contribution in [1.82, 2.24) is 5.32 Å². The van der Waals surface area contributed by atoms with E-state index in [1.807, 2.05) is 19.1 Å². The molecule has 5 nitrogen and oxygen atoms in total.